The third kappa shape index (κ3) is 5.43. The van der Waals surface area contributed by atoms with Gasteiger partial charge in [-0.25, -0.2) is 8.42 Å². The lowest BCUT2D eigenvalue weighted by Gasteiger charge is -2.23. The zero-order chi connectivity index (χ0) is 21.4. The molecule has 0 aromatic heterocycles. The van der Waals surface area contributed by atoms with E-state index in [-0.39, 0.29) is 10.8 Å². The summed E-state index contributed by atoms with van der Waals surface area (Å²) in [5.74, 6) is 0.594. The maximum atomic E-state index is 12.9. The third-order valence-corrected chi connectivity index (χ3v) is 7.37. The quantitative estimate of drug-likeness (QED) is 0.395. The van der Waals surface area contributed by atoms with Gasteiger partial charge in [0.1, 0.15) is 0 Å². The first-order valence-electron chi connectivity index (χ1n) is 9.66. The van der Waals surface area contributed by atoms with E-state index in [0.29, 0.717) is 24.3 Å². The van der Waals surface area contributed by atoms with Crippen molar-refractivity contribution < 1.29 is 13.2 Å². The number of hydrogen-bond donors (Lipinski definition) is 1. The Hall–Kier alpha value is -2.77. The van der Waals surface area contributed by atoms with E-state index in [9.17, 15) is 13.2 Å². The van der Waals surface area contributed by atoms with E-state index in [4.69, 9.17) is 0 Å². The molecule has 1 N–H and O–H groups in total. The Morgan fingerprint density at radius 2 is 1.50 bits per heavy atom. The van der Waals surface area contributed by atoms with Gasteiger partial charge in [-0.3, -0.25) is 9.10 Å². The van der Waals surface area contributed by atoms with Crippen molar-refractivity contribution in [2.24, 2.45) is 0 Å². The van der Waals surface area contributed by atoms with Gasteiger partial charge >= 0.3 is 0 Å². The van der Waals surface area contributed by atoms with E-state index in [1.54, 1.807) is 73.3 Å². The predicted molar refractivity (Wildman–Crippen MR) is 123 cm³/mol. The highest BCUT2D eigenvalue weighted by Gasteiger charge is 2.23. The third-order valence-electron chi connectivity index (χ3n) is 4.44. The summed E-state index contributed by atoms with van der Waals surface area (Å²) in [5.41, 5.74) is 1.02. The molecule has 0 aliphatic rings. The highest BCUT2D eigenvalue weighted by atomic mass is 32.2. The number of carbonyl (C=O) groups excluding carboxylic acids is 1. The molecule has 1 amide bonds. The summed E-state index contributed by atoms with van der Waals surface area (Å²) in [6, 6.07) is 25.0. The largest absolute Gasteiger partial charge is 0.351 e. The van der Waals surface area contributed by atoms with Crippen molar-refractivity contribution in [2.45, 2.75) is 16.7 Å². The minimum atomic E-state index is -3.65. The Kier molecular flexibility index (Phi) is 7.54. The monoisotopic (exact) mass is 440 g/mol. The molecule has 7 heteroatoms. The molecular formula is C23H24N2O3S2. The lowest BCUT2D eigenvalue weighted by molar-refractivity contribution is 0.0956. The zero-order valence-electron chi connectivity index (χ0n) is 16.7. The molecule has 3 aromatic carbocycles. The van der Waals surface area contributed by atoms with Crippen LogP contribution >= 0.6 is 11.8 Å². The van der Waals surface area contributed by atoms with Crippen molar-refractivity contribution >= 4 is 33.4 Å². The second kappa shape index (κ2) is 10.3. The molecule has 0 fully saturated rings. The van der Waals surface area contributed by atoms with Crippen LogP contribution in [0.3, 0.4) is 0 Å². The molecule has 3 rings (SSSR count). The fourth-order valence-corrected chi connectivity index (χ4v) is 5.23. The molecule has 0 atom stereocenters. The second-order valence-corrected chi connectivity index (χ2v) is 9.48. The lowest BCUT2D eigenvalue weighted by atomic mass is 10.2. The molecule has 5 nitrogen and oxygen atoms in total. The Bertz CT molecular complexity index is 1050. The van der Waals surface area contributed by atoms with Crippen molar-refractivity contribution in [3.63, 3.8) is 0 Å². The minimum absolute atomic E-state index is 0.177. The number of rotatable bonds is 9. The van der Waals surface area contributed by atoms with Gasteiger partial charge in [-0.05, 0) is 55.5 Å². The summed E-state index contributed by atoms with van der Waals surface area (Å²) in [4.78, 5) is 13.8. The van der Waals surface area contributed by atoms with Gasteiger partial charge in [0.15, 0.2) is 0 Å². The van der Waals surface area contributed by atoms with Crippen LogP contribution in [0.2, 0.25) is 0 Å². The number of nitrogens with one attached hydrogen (secondary N) is 1. The van der Waals surface area contributed by atoms with Crippen LogP contribution < -0.4 is 9.62 Å². The van der Waals surface area contributed by atoms with Crippen molar-refractivity contribution in [2.75, 3.05) is 23.1 Å². The summed E-state index contributed by atoms with van der Waals surface area (Å²) in [6.07, 6.45) is 0. The first-order chi connectivity index (χ1) is 14.5. The lowest BCUT2D eigenvalue weighted by Crippen LogP contribution is -2.31. The molecule has 0 aliphatic carbocycles. The van der Waals surface area contributed by atoms with Crippen molar-refractivity contribution in [3.05, 3.63) is 90.5 Å². The van der Waals surface area contributed by atoms with Gasteiger partial charge in [-0.15, -0.1) is 11.8 Å². The SMILES string of the molecule is CCN(c1ccc(C(=O)NCCSc2ccccc2)cc1)S(=O)(=O)c1ccccc1. The van der Waals surface area contributed by atoms with Gasteiger partial charge in [0.2, 0.25) is 0 Å². The van der Waals surface area contributed by atoms with Crippen molar-refractivity contribution in [1.82, 2.24) is 5.32 Å². The van der Waals surface area contributed by atoms with Gasteiger partial charge in [-0.1, -0.05) is 36.4 Å². The van der Waals surface area contributed by atoms with Crippen LogP contribution in [0, 0.1) is 0 Å². The van der Waals surface area contributed by atoms with Gasteiger partial charge in [-0.2, -0.15) is 0 Å². The van der Waals surface area contributed by atoms with Crippen molar-refractivity contribution in [1.29, 1.82) is 0 Å². The number of hydrogen-bond acceptors (Lipinski definition) is 4. The fraction of sp³-hybridized carbons (Fsp3) is 0.174. The predicted octanol–water partition coefficient (Wildman–Crippen LogP) is 4.42. The van der Waals surface area contributed by atoms with Crippen LogP contribution in [-0.4, -0.2) is 33.2 Å². The van der Waals surface area contributed by atoms with Crippen LogP contribution in [0.1, 0.15) is 17.3 Å². The molecule has 0 heterocycles. The minimum Gasteiger partial charge on any atom is -0.351 e. The van der Waals surface area contributed by atoms with Gasteiger partial charge in [0, 0.05) is 29.3 Å². The van der Waals surface area contributed by atoms with Crippen LogP contribution in [0.5, 0.6) is 0 Å². The fourth-order valence-electron chi connectivity index (χ4n) is 2.94. The van der Waals surface area contributed by atoms with E-state index in [1.165, 1.54) is 4.31 Å². The van der Waals surface area contributed by atoms with Gasteiger partial charge in [0.25, 0.3) is 15.9 Å². The van der Waals surface area contributed by atoms with E-state index >= 15 is 0 Å². The number of anilines is 1. The molecule has 0 bridgehead atoms. The number of carbonyl (C=O) groups is 1. The molecule has 0 saturated heterocycles. The molecule has 156 valence electrons. The smallest absolute Gasteiger partial charge is 0.264 e. The molecule has 0 radical (unpaired) electrons. The van der Waals surface area contributed by atoms with E-state index in [0.717, 1.165) is 10.6 Å². The molecule has 0 aliphatic heterocycles. The van der Waals surface area contributed by atoms with E-state index in [1.807, 2.05) is 30.3 Å². The van der Waals surface area contributed by atoms with E-state index < -0.39 is 10.0 Å². The summed E-state index contributed by atoms with van der Waals surface area (Å²) in [7, 11) is -3.65. The highest BCUT2D eigenvalue weighted by Crippen LogP contribution is 2.24. The summed E-state index contributed by atoms with van der Waals surface area (Å²) in [6.45, 7) is 2.62. The second-order valence-electron chi connectivity index (χ2n) is 6.45. The Labute approximate surface area is 182 Å². The molecule has 0 saturated carbocycles. The maximum absolute atomic E-state index is 12.9. The maximum Gasteiger partial charge on any atom is 0.264 e. The van der Waals surface area contributed by atoms with Crippen molar-refractivity contribution in [3.8, 4) is 0 Å². The highest BCUT2D eigenvalue weighted by molar-refractivity contribution is 7.99. The first-order valence-corrected chi connectivity index (χ1v) is 12.1. The van der Waals surface area contributed by atoms with Crippen LogP contribution in [-0.2, 0) is 10.0 Å². The average Bonchev–Trinajstić information content (AvgIpc) is 2.78. The molecule has 0 unspecified atom stereocenters. The number of sulfonamides is 1. The van der Waals surface area contributed by atoms with Crippen LogP contribution in [0.4, 0.5) is 5.69 Å². The van der Waals surface area contributed by atoms with E-state index in [2.05, 4.69) is 5.32 Å². The molecule has 0 spiro atoms. The topological polar surface area (TPSA) is 66.5 Å². The molecular weight excluding hydrogens is 416 g/mol. The number of amides is 1. The average molecular weight is 441 g/mol. The van der Waals surface area contributed by atoms with Crippen LogP contribution in [0.25, 0.3) is 0 Å². The molecule has 30 heavy (non-hydrogen) atoms. The zero-order valence-corrected chi connectivity index (χ0v) is 18.3. The summed E-state index contributed by atoms with van der Waals surface area (Å²) >= 11 is 1.68. The van der Waals surface area contributed by atoms with Gasteiger partial charge in [0.05, 0.1) is 10.6 Å². The summed E-state index contributed by atoms with van der Waals surface area (Å²) in [5, 5.41) is 2.90. The Morgan fingerprint density at radius 1 is 0.900 bits per heavy atom. The Balaban J connectivity index is 1.61. The normalized spacial score (nSPS) is 11.1. The number of thioether (sulfide) groups is 1. The number of nitrogens with zero attached hydrogens (tertiary/aromatic N) is 1. The first kappa shape index (κ1) is 21.9. The molecule has 3 aromatic rings. The van der Waals surface area contributed by atoms with Gasteiger partial charge < -0.3 is 5.32 Å². The Morgan fingerprint density at radius 3 is 2.10 bits per heavy atom. The summed E-state index contributed by atoms with van der Waals surface area (Å²) < 4.78 is 27.2. The van der Waals surface area contributed by atoms with Crippen LogP contribution in [0.15, 0.2) is 94.7 Å². The standard InChI is InChI=1S/C23H24N2O3S2/c1-2-25(30(27,28)22-11-7-4-8-12-22)20-15-13-19(14-16-20)23(26)24-17-18-29-21-9-5-3-6-10-21/h3-16H,2,17-18H2,1H3,(H,24,26). The number of benzene rings is 3.